The van der Waals surface area contributed by atoms with E-state index in [1.807, 2.05) is 20.2 Å². The topological polar surface area (TPSA) is 16.1 Å². The highest BCUT2D eigenvalue weighted by molar-refractivity contribution is 5.17. The predicted molar refractivity (Wildman–Crippen MR) is 64.6 cm³/mol. The molecule has 0 atom stereocenters. The van der Waals surface area contributed by atoms with Gasteiger partial charge in [0, 0.05) is 18.9 Å². The number of rotatable bonds is 4. The van der Waals surface area contributed by atoms with E-state index < -0.39 is 0 Å². The maximum atomic E-state index is 4.44. The Morgan fingerprint density at radius 1 is 1.47 bits per heavy atom. The zero-order chi connectivity index (χ0) is 11.4. The van der Waals surface area contributed by atoms with Crippen LogP contribution in [0.1, 0.15) is 37.9 Å². The Labute approximate surface area is 92.6 Å². The highest BCUT2D eigenvalue weighted by Gasteiger charge is 2.02. The fourth-order valence-electron chi connectivity index (χ4n) is 1.25. The standard InChI is InChI=1S/C13H20N2/c1-10(2)12-6-7-13(14-8-12)9-15(5)11(3)4/h6-8,10H,3,9H2,1-2,4-5H3. The normalized spacial score (nSPS) is 10.5. The van der Waals surface area contributed by atoms with Gasteiger partial charge >= 0.3 is 0 Å². The highest BCUT2D eigenvalue weighted by Crippen LogP contribution is 2.13. The fourth-order valence-corrected chi connectivity index (χ4v) is 1.25. The van der Waals surface area contributed by atoms with Crippen LogP contribution >= 0.6 is 0 Å². The van der Waals surface area contributed by atoms with E-state index in [1.54, 1.807) is 0 Å². The lowest BCUT2D eigenvalue weighted by molar-refractivity contribution is 0.408. The first kappa shape index (κ1) is 11.8. The third-order valence-corrected chi connectivity index (χ3v) is 2.57. The van der Waals surface area contributed by atoms with E-state index >= 15 is 0 Å². The van der Waals surface area contributed by atoms with Gasteiger partial charge in [-0.15, -0.1) is 0 Å². The average molecular weight is 204 g/mol. The lowest BCUT2D eigenvalue weighted by Crippen LogP contribution is -2.15. The van der Waals surface area contributed by atoms with Crippen molar-refractivity contribution >= 4 is 0 Å². The number of hydrogen-bond donors (Lipinski definition) is 0. The van der Waals surface area contributed by atoms with Crippen LogP contribution < -0.4 is 0 Å². The van der Waals surface area contributed by atoms with E-state index in [2.05, 4.69) is 42.4 Å². The molecule has 1 rings (SSSR count). The van der Waals surface area contributed by atoms with Crippen molar-refractivity contribution in [1.29, 1.82) is 0 Å². The number of aromatic nitrogens is 1. The molecule has 1 aromatic rings. The molecule has 2 heteroatoms. The molecule has 0 aromatic carbocycles. The second-order valence-electron chi connectivity index (χ2n) is 4.33. The first-order valence-electron chi connectivity index (χ1n) is 5.32. The molecule has 0 bridgehead atoms. The highest BCUT2D eigenvalue weighted by atomic mass is 15.1. The largest absolute Gasteiger partial charge is 0.373 e. The summed E-state index contributed by atoms with van der Waals surface area (Å²) in [6.45, 7) is 11.1. The summed E-state index contributed by atoms with van der Waals surface area (Å²) >= 11 is 0. The van der Waals surface area contributed by atoms with Gasteiger partial charge in [-0.05, 0) is 24.5 Å². The SMILES string of the molecule is C=C(C)N(C)Cc1ccc(C(C)C)cn1. The number of pyridine rings is 1. The van der Waals surface area contributed by atoms with Crippen LogP contribution in [0.15, 0.2) is 30.6 Å². The van der Waals surface area contributed by atoms with Crippen LogP contribution in [0.4, 0.5) is 0 Å². The van der Waals surface area contributed by atoms with Gasteiger partial charge in [0.2, 0.25) is 0 Å². The van der Waals surface area contributed by atoms with Gasteiger partial charge in [0.05, 0.1) is 12.2 Å². The number of hydrogen-bond acceptors (Lipinski definition) is 2. The summed E-state index contributed by atoms with van der Waals surface area (Å²) in [5.74, 6) is 0.547. The fraction of sp³-hybridized carbons (Fsp3) is 0.462. The van der Waals surface area contributed by atoms with Crippen molar-refractivity contribution < 1.29 is 0 Å². The summed E-state index contributed by atoms with van der Waals surface area (Å²) in [6, 6.07) is 4.24. The Balaban J connectivity index is 2.68. The predicted octanol–water partition coefficient (Wildman–Crippen LogP) is 3.17. The van der Waals surface area contributed by atoms with E-state index in [4.69, 9.17) is 0 Å². The molecule has 2 nitrogen and oxygen atoms in total. The maximum absolute atomic E-state index is 4.44. The molecule has 0 spiro atoms. The van der Waals surface area contributed by atoms with Crippen LogP contribution in [0, 0.1) is 0 Å². The Bertz CT molecular complexity index is 325. The minimum absolute atomic E-state index is 0.547. The lowest BCUT2D eigenvalue weighted by Gasteiger charge is -2.18. The van der Waals surface area contributed by atoms with Crippen LogP contribution in [-0.2, 0) is 6.54 Å². The monoisotopic (exact) mass is 204 g/mol. The summed E-state index contributed by atoms with van der Waals surface area (Å²) in [6.07, 6.45) is 1.96. The molecule has 0 saturated carbocycles. The first-order valence-corrected chi connectivity index (χ1v) is 5.32. The van der Waals surface area contributed by atoms with E-state index in [9.17, 15) is 0 Å². The summed E-state index contributed by atoms with van der Waals surface area (Å²) in [4.78, 5) is 6.53. The zero-order valence-electron chi connectivity index (χ0n) is 10.1. The van der Waals surface area contributed by atoms with Gasteiger partial charge in [-0.1, -0.05) is 26.5 Å². The molecule has 82 valence electrons. The van der Waals surface area contributed by atoms with Crippen LogP contribution in [0.3, 0.4) is 0 Å². The smallest absolute Gasteiger partial charge is 0.0596 e. The second kappa shape index (κ2) is 4.96. The molecule has 1 aromatic heterocycles. The Morgan fingerprint density at radius 3 is 2.53 bits per heavy atom. The molecule has 0 saturated heterocycles. The molecule has 1 heterocycles. The molecule has 0 unspecified atom stereocenters. The van der Waals surface area contributed by atoms with E-state index in [0.717, 1.165) is 17.9 Å². The molecular formula is C13H20N2. The van der Waals surface area contributed by atoms with Gasteiger partial charge < -0.3 is 4.90 Å². The van der Waals surface area contributed by atoms with Crippen LogP contribution in [0.5, 0.6) is 0 Å². The molecule has 0 radical (unpaired) electrons. The van der Waals surface area contributed by atoms with E-state index in [1.165, 1.54) is 5.56 Å². The summed E-state index contributed by atoms with van der Waals surface area (Å²) in [5, 5.41) is 0. The quantitative estimate of drug-likeness (QED) is 0.749. The summed E-state index contributed by atoms with van der Waals surface area (Å²) < 4.78 is 0. The van der Waals surface area contributed by atoms with Gasteiger partial charge in [0.1, 0.15) is 0 Å². The van der Waals surface area contributed by atoms with Gasteiger partial charge in [-0.2, -0.15) is 0 Å². The van der Waals surface area contributed by atoms with Crippen molar-refractivity contribution in [3.05, 3.63) is 41.9 Å². The van der Waals surface area contributed by atoms with E-state index in [0.29, 0.717) is 5.92 Å². The van der Waals surface area contributed by atoms with Crippen LogP contribution in [0.25, 0.3) is 0 Å². The van der Waals surface area contributed by atoms with Crippen molar-refractivity contribution in [2.45, 2.75) is 33.2 Å². The van der Waals surface area contributed by atoms with Crippen molar-refractivity contribution in [3.8, 4) is 0 Å². The lowest BCUT2D eigenvalue weighted by atomic mass is 10.1. The Kier molecular flexibility index (Phi) is 3.89. The Hall–Kier alpha value is -1.31. The average Bonchev–Trinajstić information content (AvgIpc) is 2.18. The number of nitrogens with zero attached hydrogens (tertiary/aromatic N) is 2. The summed E-state index contributed by atoms with van der Waals surface area (Å²) in [7, 11) is 2.03. The summed E-state index contributed by atoms with van der Waals surface area (Å²) in [5.41, 5.74) is 3.44. The third-order valence-electron chi connectivity index (χ3n) is 2.57. The Morgan fingerprint density at radius 2 is 2.13 bits per heavy atom. The molecule has 0 fully saturated rings. The third kappa shape index (κ3) is 3.39. The minimum Gasteiger partial charge on any atom is -0.373 e. The van der Waals surface area contributed by atoms with Crippen molar-refractivity contribution in [2.24, 2.45) is 0 Å². The van der Waals surface area contributed by atoms with Crippen molar-refractivity contribution in [2.75, 3.05) is 7.05 Å². The number of allylic oxidation sites excluding steroid dienone is 1. The van der Waals surface area contributed by atoms with Crippen molar-refractivity contribution in [3.63, 3.8) is 0 Å². The van der Waals surface area contributed by atoms with E-state index in [-0.39, 0.29) is 0 Å². The molecule has 15 heavy (non-hydrogen) atoms. The van der Waals surface area contributed by atoms with Crippen LogP contribution in [-0.4, -0.2) is 16.9 Å². The molecule has 0 aliphatic rings. The molecule has 0 aliphatic carbocycles. The zero-order valence-corrected chi connectivity index (χ0v) is 10.1. The molecule has 0 N–H and O–H groups in total. The first-order chi connectivity index (χ1) is 7.00. The molecule has 0 aliphatic heterocycles. The van der Waals surface area contributed by atoms with Gasteiger partial charge in [0.25, 0.3) is 0 Å². The molecular weight excluding hydrogens is 184 g/mol. The van der Waals surface area contributed by atoms with Gasteiger partial charge in [0.15, 0.2) is 0 Å². The van der Waals surface area contributed by atoms with Gasteiger partial charge in [-0.3, -0.25) is 4.98 Å². The molecule has 0 amide bonds. The van der Waals surface area contributed by atoms with Crippen LogP contribution in [0.2, 0.25) is 0 Å². The minimum atomic E-state index is 0.547. The second-order valence-corrected chi connectivity index (χ2v) is 4.33. The van der Waals surface area contributed by atoms with Crippen molar-refractivity contribution in [1.82, 2.24) is 9.88 Å². The maximum Gasteiger partial charge on any atom is 0.0596 e. The van der Waals surface area contributed by atoms with Gasteiger partial charge in [-0.25, -0.2) is 0 Å².